The lowest BCUT2D eigenvalue weighted by Gasteiger charge is -2.29. The molecule has 0 aliphatic carbocycles. The van der Waals surface area contributed by atoms with E-state index in [9.17, 15) is 0 Å². The van der Waals surface area contributed by atoms with Gasteiger partial charge >= 0.3 is 0 Å². The van der Waals surface area contributed by atoms with E-state index in [4.69, 9.17) is 12.2 Å². The van der Waals surface area contributed by atoms with Crippen molar-refractivity contribution in [2.45, 2.75) is 19.5 Å². The lowest BCUT2D eigenvalue weighted by atomic mass is 10.0. The predicted molar refractivity (Wildman–Crippen MR) is 98.3 cm³/mol. The molecule has 1 aliphatic rings. The Labute approximate surface area is 141 Å². The van der Waals surface area contributed by atoms with Gasteiger partial charge in [0.1, 0.15) is 0 Å². The van der Waals surface area contributed by atoms with E-state index in [1.807, 2.05) is 6.07 Å². The Morgan fingerprint density at radius 3 is 2.74 bits per heavy atom. The molecule has 2 aromatic carbocycles. The first-order chi connectivity index (χ1) is 11.3. The zero-order chi connectivity index (χ0) is 15.6. The van der Waals surface area contributed by atoms with E-state index >= 15 is 0 Å². The average molecular weight is 321 g/mol. The molecule has 0 saturated heterocycles. The monoisotopic (exact) mass is 321 g/mol. The number of H-pyrrole nitrogens is 1. The first-order valence-corrected chi connectivity index (χ1v) is 8.37. The van der Waals surface area contributed by atoms with Crippen molar-refractivity contribution in [1.82, 2.24) is 15.2 Å². The minimum atomic E-state index is 0.774. The van der Waals surface area contributed by atoms with Crippen LogP contribution >= 0.6 is 12.2 Å². The highest BCUT2D eigenvalue weighted by Crippen LogP contribution is 2.27. The van der Waals surface area contributed by atoms with Crippen molar-refractivity contribution in [3.63, 3.8) is 0 Å². The van der Waals surface area contributed by atoms with E-state index in [0.717, 1.165) is 31.2 Å². The van der Waals surface area contributed by atoms with Gasteiger partial charge in [-0.2, -0.15) is 0 Å². The molecule has 0 spiro atoms. The van der Waals surface area contributed by atoms with E-state index < -0.39 is 0 Å². The molecule has 116 valence electrons. The van der Waals surface area contributed by atoms with Crippen LogP contribution in [0.25, 0.3) is 10.9 Å². The van der Waals surface area contributed by atoms with Gasteiger partial charge in [-0.3, -0.25) is 0 Å². The number of nitrogens with zero attached hydrogens (tertiary/aromatic N) is 1. The van der Waals surface area contributed by atoms with Crippen LogP contribution in [0.1, 0.15) is 16.8 Å². The molecule has 0 saturated carbocycles. The number of thiocarbonyl (C=S) groups is 1. The summed E-state index contributed by atoms with van der Waals surface area (Å²) in [6.45, 7) is 2.59. The van der Waals surface area contributed by atoms with Gasteiger partial charge in [0.05, 0.1) is 6.54 Å². The minimum Gasteiger partial charge on any atom is -0.358 e. The largest absolute Gasteiger partial charge is 0.358 e. The minimum absolute atomic E-state index is 0.774. The van der Waals surface area contributed by atoms with Crippen molar-refractivity contribution in [2.75, 3.05) is 6.54 Å². The summed E-state index contributed by atoms with van der Waals surface area (Å²) in [4.78, 5) is 5.79. The molecule has 3 nitrogen and oxygen atoms in total. The van der Waals surface area contributed by atoms with E-state index in [1.54, 1.807) is 0 Å². The third-order valence-electron chi connectivity index (χ3n) is 4.46. The number of para-hydroxylation sites is 1. The van der Waals surface area contributed by atoms with Crippen LogP contribution in [0.3, 0.4) is 0 Å². The van der Waals surface area contributed by atoms with Gasteiger partial charge in [0.25, 0.3) is 0 Å². The Hall–Kier alpha value is -2.33. The van der Waals surface area contributed by atoms with Gasteiger partial charge in [0.15, 0.2) is 5.11 Å². The molecule has 2 N–H and O–H groups in total. The fourth-order valence-corrected chi connectivity index (χ4v) is 3.48. The number of aromatic amines is 1. The molecule has 1 aromatic heterocycles. The average Bonchev–Trinajstić information content (AvgIpc) is 2.98. The van der Waals surface area contributed by atoms with Crippen LogP contribution in [0.4, 0.5) is 0 Å². The summed E-state index contributed by atoms with van der Waals surface area (Å²) in [6.07, 6.45) is 1.03. The fourth-order valence-electron chi connectivity index (χ4n) is 3.25. The van der Waals surface area contributed by atoms with Crippen molar-refractivity contribution < 1.29 is 0 Å². The molecule has 0 bridgehead atoms. The number of fused-ring (bicyclic) bond motifs is 3. The molecular weight excluding hydrogens is 302 g/mol. The summed E-state index contributed by atoms with van der Waals surface area (Å²) < 4.78 is 0. The van der Waals surface area contributed by atoms with Crippen LogP contribution in [0.2, 0.25) is 0 Å². The van der Waals surface area contributed by atoms with Crippen LogP contribution in [0, 0.1) is 0 Å². The zero-order valence-corrected chi connectivity index (χ0v) is 13.7. The molecule has 0 atom stereocenters. The number of hydrogen-bond acceptors (Lipinski definition) is 1. The molecule has 3 aromatic rings. The smallest absolute Gasteiger partial charge is 0.169 e. The molecule has 4 heteroatoms. The molecule has 23 heavy (non-hydrogen) atoms. The van der Waals surface area contributed by atoms with Gasteiger partial charge in [-0.1, -0.05) is 48.5 Å². The highest BCUT2D eigenvalue weighted by Gasteiger charge is 2.21. The second-order valence-corrected chi connectivity index (χ2v) is 6.33. The Bertz CT molecular complexity index is 838. The molecule has 2 heterocycles. The topological polar surface area (TPSA) is 31.1 Å². The fraction of sp³-hybridized carbons (Fsp3) is 0.211. The van der Waals surface area contributed by atoms with Crippen LogP contribution in [-0.2, 0) is 19.5 Å². The van der Waals surface area contributed by atoms with Gasteiger partial charge in [0.2, 0.25) is 0 Å². The summed E-state index contributed by atoms with van der Waals surface area (Å²) >= 11 is 5.58. The SMILES string of the molecule is S=C(NCc1ccccc1)N1CCc2c([nH]c3ccccc23)C1. The van der Waals surface area contributed by atoms with Crippen LogP contribution in [-0.4, -0.2) is 21.5 Å². The van der Waals surface area contributed by atoms with Crippen LogP contribution in [0.15, 0.2) is 54.6 Å². The van der Waals surface area contributed by atoms with Crippen molar-refractivity contribution >= 4 is 28.2 Å². The van der Waals surface area contributed by atoms with Gasteiger partial charge in [-0.15, -0.1) is 0 Å². The Balaban J connectivity index is 1.46. The predicted octanol–water partition coefficient (Wildman–Crippen LogP) is 3.60. The lowest BCUT2D eigenvalue weighted by Crippen LogP contribution is -2.42. The standard InChI is InChI=1S/C19H19N3S/c23-19(20-12-14-6-2-1-3-7-14)22-11-10-16-15-8-4-5-9-17(15)21-18(16)13-22/h1-9,21H,10-13H2,(H,20,23). The maximum Gasteiger partial charge on any atom is 0.169 e. The Morgan fingerprint density at radius 2 is 1.87 bits per heavy atom. The van der Waals surface area contributed by atoms with Crippen molar-refractivity contribution in [2.24, 2.45) is 0 Å². The first kappa shape index (κ1) is 14.3. The molecule has 1 aliphatic heterocycles. The Kier molecular flexibility index (Phi) is 3.75. The number of hydrogen-bond donors (Lipinski definition) is 2. The number of benzene rings is 2. The van der Waals surface area contributed by atoms with Crippen molar-refractivity contribution in [1.29, 1.82) is 0 Å². The van der Waals surface area contributed by atoms with Crippen LogP contribution < -0.4 is 5.32 Å². The zero-order valence-electron chi connectivity index (χ0n) is 12.9. The maximum atomic E-state index is 5.58. The molecule has 0 radical (unpaired) electrons. The number of nitrogens with one attached hydrogen (secondary N) is 2. The molecule has 4 rings (SSSR count). The third-order valence-corrected chi connectivity index (χ3v) is 4.86. The second-order valence-electron chi connectivity index (χ2n) is 5.94. The first-order valence-electron chi connectivity index (χ1n) is 7.96. The van der Waals surface area contributed by atoms with E-state index in [-0.39, 0.29) is 0 Å². The molecular formula is C19H19N3S. The summed E-state index contributed by atoms with van der Waals surface area (Å²) in [7, 11) is 0. The van der Waals surface area contributed by atoms with Gasteiger partial charge in [0, 0.05) is 29.7 Å². The normalized spacial score (nSPS) is 13.8. The van der Waals surface area contributed by atoms with E-state index in [1.165, 1.54) is 27.7 Å². The number of rotatable bonds is 2. The van der Waals surface area contributed by atoms with Gasteiger partial charge in [-0.05, 0) is 35.8 Å². The van der Waals surface area contributed by atoms with Crippen molar-refractivity contribution in [3.05, 3.63) is 71.4 Å². The highest BCUT2D eigenvalue weighted by atomic mass is 32.1. The molecule has 0 amide bonds. The Morgan fingerprint density at radius 1 is 1.09 bits per heavy atom. The summed E-state index contributed by atoms with van der Waals surface area (Å²) in [6, 6.07) is 18.9. The lowest BCUT2D eigenvalue weighted by molar-refractivity contribution is 0.384. The summed E-state index contributed by atoms with van der Waals surface area (Å²) in [5.41, 5.74) is 5.21. The molecule has 0 fully saturated rings. The van der Waals surface area contributed by atoms with Gasteiger partial charge in [-0.25, -0.2) is 0 Å². The highest BCUT2D eigenvalue weighted by molar-refractivity contribution is 7.80. The van der Waals surface area contributed by atoms with Crippen molar-refractivity contribution in [3.8, 4) is 0 Å². The second kappa shape index (κ2) is 6.05. The van der Waals surface area contributed by atoms with E-state index in [0.29, 0.717) is 0 Å². The van der Waals surface area contributed by atoms with E-state index in [2.05, 4.69) is 63.7 Å². The van der Waals surface area contributed by atoms with Gasteiger partial charge < -0.3 is 15.2 Å². The molecule has 0 unspecified atom stereocenters. The quantitative estimate of drug-likeness (QED) is 0.707. The summed E-state index contributed by atoms with van der Waals surface area (Å²) in [5, 5.41) is 5.56. The summed E-state index contributed by atoms with van der Waals surface area (Å²) in [5.74, 6) is 0. The maximum absolute atomic E-state index is 5.58. The third kappa shape index (κ3) is 2.82. The number of aromatic nitrogens is 1. The van der Waals surface area contributed by atoms with Crippen LogP contribution in [0.5, 0.6) is 0 Å².